The lowest BCUT2D eigenvalue weighted by atomic mass is 10.3. The Bertz CT molecular complexity index is 583. The molecule has 0 saturated heterocycles. The fourth-order valence-electron chi connectivity index (χ4n) is 1.41. The van der Waals surface area contributed by atoms with E-state index in [0.29, 0.717) is 12.4 Å². The summed E-state index contributed by atoms with van der Waals surface area (Å²) in [5.41, 5.74) is 0.758. The zero-order valence-electron chi connectivity index (χ0n) is 9.54. The first-order valence-corrected chi connectivity index (χ1v) is 5.47. The van der Waals surface area contributed by atoms with E-state index in [1.165, 1.54) is 18.2 Å². The van der Waals surface area contributed by atoms with Gasteiger partial charge in [-0.15, -0.1) is 0 Å². The minimum Gasteiger partial charge on any atom is -0.487 e. The number of rotatable bonds is 4. The minimum absolute atomic E-state index is 0.0579. The van der Waals surface area contributed by atoms with Gasteiger partial charge in [-0.2, -0.15) is 0 Å². The van der Waals surface area contributed by atoms with Crippen molar-refractivity contribution in [3.8, 4) is 5.75 Å². The Morgan fingerprint density at radius 1 is 1.56 bits per heavy atom. The van der Waals surface area contributed by atoms with Crippen LogP contribution < -0.4 is 4.74 Å². The molecule has 0 saturated carbocycles. The molecule has 1 aromatic heterocycles. The highest BCUT2D eigenvalue weighted by Crippen LogP contribution is 2.28. The smallest absolute Gasteiger partial charge is 0.288 e. The van der Waals surface area contributed by atoms with E-state index in [-0.39, 0.29) is 10.7 Å². The highest BCUT2D eigenvalue weighted by Gasteiger charge is 2.12. The maximum absolute atomic E-state index is 10.6. The molecule has 0 atom stereocenters. The van der Waals surface area contributed by atoms with Gasteiger partial charge in [0, 0.05) is 19.2 Å². The van der Waals surface area contributed by atoms with Crippen molar-refractivity contribution in [1.82, 2.24) is 9.55 Å². The fraction of sp³-hybridized carbons (Fsp3) is 0.182. The maximum atomic E-state index is 10.6. The summed E-state index contributed by atoms with van der Waals surface area (Å²) in [6.07, 6.45) is 3.36. The van der Waals surface area contributed by atoms with Crippen LogP contribution in [0.4, 0.5) is 5.69 Å². The normalized spacial score (nSPS) is 10.3. The standard InChI is InChI=1S/C11H10ClN3O3/c1-14-7-13-5-8(14)6-18-9-2-3-11(15(16)17)10(12)4-9/h2-5,7H,6H2,1H3. The number of nitro benzene ring substituents is 1. The molecule has 0 radical (unpaired) electrons. The van der Waals surface area contributed by atoms with E-state index in [1.807, 2.05) is 11.6 Å². The monoisotopic (exact) mass is 267 g/mol. The molecule has 6 nitrogen and oxygen atoms in total. The summed E-state index contributed by atoms with van der Waals surface area (Å²) in [6, 6.07) is 4.26. The average molecular weight is 268 g/mol. The van der Waals surface area contributed by atoms with Crippen LogP contribution in [-0.4, -0.2) is 14.5 Å². The zero-order valence-corrected chi connectivity index (χ0v) is 10.3. The summed E-state index contributed by atoms with van der Waals surface area (Å²) in [5, 5.41) is 10.6. The summed E-state index contributed by atoms with van der Waals surface area (Å²) in [4.78, 5) is 14.0. The fourth-order valence-corrected chi connectivity index (χ4v) is 1.65. The van der Waals surface area contributed by atoms with Crippen molar-refractivity contribution in [3.05, 3.63) is 51.6 Å². The Hall–Kier alpha value is -2.08. The molecule has 0 aliphatic carbocycles. The number of halogens is 1. The van der Waals surface area contributed by atoms with Crippen LogP contribution in [0.2, 0.25) is 5.02 Å². The number of hydrogen-bond acceptors (Lipinski definition) is 4. The third-order valence-electron chi connectivity index (χ3n) is 2.42. The lowest BCUT2D eigenvalue weighted by molar-refractivity contribution is -0.384. The minimum atomic E-state index is -0.534. The second-order valence-corrected chi connectivity index (χ2v) is 4.06. The Morgan fingerprint density at radius 3 is 2.89 bits per heavy atom. The Morgan fingerprint density at radius 2 is 2.33 bits per heavy atom. The lowest BCUT2D eigenvalue weighted by Gasteiger charge is -2.06. The molecular weight excluding hydrogens is 258 g/mol. The van der Waals surface area contributed by atoms with Crippen LogP contribution in [0.5, 0.6) is 5.75 Å². The molecule has 0 fully saturated rings. The summed E-state index contributed by atoms with van der Waals surface area (Å²) in [5.74, 6) is 0.479. The second-order valence-electron chi connectivity index (χ2n) is 3.65. The first kappa shape index (κ1) is 12.4. The van der Waals surface area contributed by atoms with Crippen LogP contribution in [0.3, 0.4) is 0 Å². The number of nitrogens with zero attached hydrogens (tertiary/aromatic N) is 3. The van der Waals surface area contributed by atoms with Crippen LogP contribution in [0.25, 0.3) is 0 Å². The van der Waals surface area contributed by atoms with Crippen LogP contribution in [0.15, 0.2) is 30.7 Å². The zero-order chi connectivity index (χ0) is 13.1. The number of hydrogen-bond donors (Lipinski definition) is 0. The topological polar surface area (TPSA) is 70.2 Å². The number of aryl methyl sites for hydroxylation is 1. The molecule has 7 heteroatoms. The van der Waals surface area contributed by atoms with E-state index in [2.05, 4.69) is 4.98 Å². The van der Waals surface area contributed by atoms with E-state index >= 15 is 0 Å². The van der Waals surface area contributed by atoms with Gasteiger partial charge >= 0.3 is 0 Å². The van der Waals surface area contributed by atoms with E-state index in [0.717, 1.165) is 5.69 Å². The maximum Gasteiger partial charge on any atom is 0.288 e. The molecule has 0 unspecified atom stereocenters. The van der Waals surface area contributed by atoms with Crippen LogP contribution in [0.1, 0.15) is 5.69 Å². The first-order chi connectivity index (χ1) is 8.58. The Labute approximate surface area is 108 Å². The van der Waals surface area contributed by atoms with Crippen molar-refractivity contribution in [1.29, 1.82) is 0 Å². The van der Waals surface area contributed by atoms with Gasteiger partial charge in [0.2, 0.25) is 0 Å². The van der Waals surface area contributed by atoms with Gasteiger partial charge in [-0.05, 0) is 6.07 Å². The lowest BCUT2D eigenvalue weighted by Crippen LogP contribution is -2.01. The van der Waals surface area contributed by atoms with Crippen molar-refractivity contribution in [2.24, 2.45) is 7.05 Å². The molecule has 94 valence electrons. The number of aromatic nitrogens is 2. The molecular formula is C11H10ClN3O3. The number of ether oxygens (including phenoxy) is 1. The van der Waals surface area contributed by atoms with Crippen molar-refractivity contribution in [2.75, 3.05) is 0 Å². The SMILES string of the molecule is Cn1cncc1COc1ccc([N+](=O)[O-])c(Cl)c1. The van der Waals surface area contributed by atoms with E-state index in [1.54, 1.807) is 12.5 Å². The quantitative estimate of drug-likeness (QED) is 0.630. The molecule has 18 heavy (non-hydrogen) atoms. The van der Waals surface area contributed by atoms with Crippen LogP contribution in [-0.2, 0) is 13.7 Å². The highest BCUT2D eigenvalue weighted by atomic mass is 35.5. The second kappa shape index (κ2) is 5.05. The van der Waals surface area contributed by atoms with Crippen molar-refractivity contribution >= 4 is 17.3 Å². The predicted molar refractivity (Wildman–Crippen MR) is 65.6 cm³/mol. The number of nitro groups is 1. The molecule has 0 spiro atoms. The van der Waals surface area contributed by atoms with Gasteiger partial charge < -0.3 is 9.30 Å². The predicted octanol–water partition coefficient (Wildman–Crippen LogP) is 2.56. The van der Waals surface area contributed by atoms with Gasteiger partial charge in [0.25, 0.3) is 5.69 Å². The number of benzene rings is 1. The van der Waals surface area contributed by atoms with Gasteiger partial charge in [0.05, 0.1) is 23.1 Å². The third kappa shape index (κ3) is 2.60. The molecule has 0 aliphatic rings. The largest absolute Gasteiger partial charge is 0.487 e. The molecule has 0 bridgehead atoms. The van der Waals surface area contributed by atoms with Crippen LogP contribution >= 0.6 is 11.6 Å². The third-order valence-corrected chi connectivity index (χ3v) is 2.72. The molecule has 0 N–H and O–H groups in total. The summed E-state index contributed by atoms with van der Waals surface area (Å²) >= 11 is 5.78. The molecule has 0 aliphatic heterocycles. The van der Waals surface area contributed by atoms with E-state index in [4.69, 9.17) is 16.3 Å². The van der Waals surface area contributed by atoms with Gasteiger partial charge in [-0.1, -0.05) is 11.6 Å². The molecule has 0 amide bonds. The molecule has 2 aromatic rings. The summed E-state index contributed by atoms with van der Waals surface area (Å²) in [6.45, 7) is 0.324. The van der Waals surface area contributed by atoms with Gasteiger partial charge in [-0.25, -0.2) is 4.98 Å². The Balaban J connectivity index is 2.09. The molecule has 1 heterocycles. The van der Waals surface area contributed by atoms with Crippen LogP contribution in [0, 0.1) is 10.1 Å². The molecule has 1 aromatic carbocycles. The van der Waals surface area contributed by atoms with Crippen molar-refractivity contribution in [2.45, 2.75) is 6.61 Å². The van der Waals surface area contributed by atoms with Gasteiger partial charge in [0.1, 0.15) is 17.4 Å². The average Bonchev–Trinajstić information content (AvgIpc) is 2.72. The summed E-state index contributed by atoms with van der Waals surface area (Å²) in [7, 11) is 1.86. The van der Waals surface area contributed by atoms with Gasteiger partial charge in [-0.3, -0.25) is 10.1 Å². The van der Waals surface area contributed by atoms with E-state index in [9.17, 15) is 10.1 Å². The van der Waals surface area contributed by atoms with Crippen molar-refractivity contribution in [3.63, 3.8) is 0 Å². The molecule has 2 rings (SSSR count). The highest BCUT2D eigenvalue weighted by molar-refractivity contribution is 6.32. The summed E-state index contributed by atoms with van der Waals surface area (Å²) < 4.78 is 7.31. The Kier molecular flexibility index (Phi) is 3.47. The van der Waals surface area contributed by atoms with Crippen molar-refractivity contribution < 1.29 is 9.66 Å². The van der Waals surface area contributed by atoms with Gasteiger partial charge in [0.15, 0.2) is 0 Å². The van der Waals surface area contributed by atoms with E-state index < -0.39 is 4.92 Å². The first-order valence-electron chi connectivity index (χ1n) is 5.10. The number of imidazole rings is 1.